The number of fused-ring (bicyclic) bond motifs is 1. The highest BCUT2D eigenvalue weighted by Crippen LogP contribution is 2.27. The lowest BCUT2D eigenvalue weighted by Crippen LogP contribution is -2.17. The SMILES string of the molecule is COc1cccc(C(=O)N/N=C\c2ccc(OCc3cccc4ccccc34)c(Br)c2)c1. The van der Waals surface area contributed by atoms with Crippen LogP contribution in [-0.4, -0.2) is 19.2 Å². The van der Waals surface area contributed by atoms with Crippen molar-refractivity contribution in [2.45, 2.75) is 6.61 Å². The van der Waals surface area contributed by atoms with E-state index in [0.717, 1.165) is 21.3 Å². The summed E-state index contributed by atoms with van der Waals surface area (Å²) in [4.78, 5) is 12.2. The number of hydrogen-bond acceptors (Lipinski definition) is 4. The molecule has 4 aromatic carbocycles. The number of benzene rings is 4. The molecule has 0 fully saturated rings. The van der Waals surface area contributed by atoms with E-state index in [-0.39, 0.29) is 5.91 Å². The minimum absolute atomic E-state index is 0.311. The molecule has 4 aromatic rings. The van der Waals surface area contributed by atoms with Crippen molar-refractivity contribution >= 4 is 38.8 Å². The molecule has 0 aliphatic heterocycles. The van der Waals surface area contributed by atoms with Gasteiger partial charge in [0.15, 0.2) is 0 Å². The lowest BCUT2D eigenvalue weighted by atomic mass is 10.1. The zero-order chi connectivity index (χ0) is 22.3. The van der Waals surface area contributed by atoms with Gasteiger partial charge >= 0.3 is 0 Å². The second-order valence-electron chi connectivity index (χ2n) is 7.05. The van der Waals surface area contributed by atoms with Crippen molar-refractivity contribution in [2.24, 2.45) is 5.10 Å². The number of carbonyl (C=O) groups excluding carboxylic acids is 1. The van der Waals surface area contributed by atoms with E-state index in [2.05, 4.69) is 50.7 Å². The van der Waals surface area contributed by atoms with Crippen molar-refractivity contribution < 1.29 is 14.3 Å². The van der Waals surface area contributed by atoms with Gasteiger partial charge in [-0.15, -0.1) is 0 Å². The second-order valence-corrected chi connectivity index (χ2v) is 7.90. The summed E-state index contributed by atoms with van der Waals surface area (Å²) in [5, 5.41) is 6.42. The Labute approximate surface area is 194 Å². The highest BCUT2D eigenvalue weighted by Gasteiger charge is 2.07. The molecule has 0 aliphatic carbocycles. The molecule has 0 heterocycles. The first-order valence-electron chi connectivity index (χ1n) is 10.0. The van der Waals surface area contributed by atoms with Crippen LogP contribution in [0, 0.1) is 0 Å². The molecule has 0 bridgehead atoms. The molecule has 1 N–H and O–H groups in total. The molecule has 0 saturated carbocycles. The molecule has 160 valence electrons. The highest BCUT2D eigenvalue weighted by molar-refractivity contribution is 9.10. The molecule has 0 aromatic heterocycles. The van der Waals surface area contributed by atoms with Crippen molar-refractivity contribution in [3.8, 4) is 11.5 Å². The summed E-state index contributed by atoms with van der Waals surface area (Å²) in [6.45, 7) is 0.462. The molecule has 1 amide bonds. The largest absolute Gasteiger partial charge is 0.497 e. The zero-order valence-electron chi connectivity index (χ0n) is 17.4. The summed E-state index contributed by atoms with van der Waals surface area (Å²) in [6.07, 6.45) is 1.58. The number of hydrazone groups is 1. The van der Waals surface area contributed by atoms with Crippen LogP contribution in [0.1, 0.15) is 21.5 Å². The highest BCUT2D eigenvalue weighted by atomic mass is 79.9. The van der Waals surface area contributed by atoms with Crippen molar-refractivity contribution in [2.75, 3.05) is 7.11 Å². The third-order valence-electron chi connectivity index (χ3n) is 4.93. The van der Waals surface area contributed by atoms with Gasteiger partial charge in [0.1, 0.15) is 18.1 Å². The van der Waals surface area contributed by atoms with Crippen molar-refractivity contribution in [1.29, 1.82) is 0 Å². The van der Waals surface area contributed by atoms with Gasteiger partial charge in [0, 0.05) is 5.56 Å². The molecule has 0 saturated heterocycles. The van der Waals surface area contributed by atoms with Crippen LogP contribution in [0.4, 0.5) is 0 Å². The molecule has 4 rings (SSSR count). The first-order valence-corrected chi connectivity index (χ1v) is 10.8. The maximum atomic E-state index is 12.2. The Hall–Kier alpha value is -3.64. The van der Waals surface area contributed by atoms with Gasteiger partial charge in [-0.25, -0.2) is 5.43 Å². The second kappa shape index (κ2) is 10.1. The van der Waals surface area contributed by atoms with E-state index in [1.807, 2.05) is 36.4 Å². The normalized spacial score (nSPS) is 10.9. The van der Waals surface area contributed by atoms with E-state index < -0.39 is 0 Å². The van der Waals surface area contributed by atoms with E-state index in [4.69, 9.17) is 9.47 Å². The van der Waals surface area contributed by atoms with Gasteiger partial charge in [-0.3, -0.25) is 4.79 Å². The summed E-state index contributed by atoms with van der Waals surface area (Å²) in [5.41, 5.74) is 4.94. The average molecular weight is 489 g/mol. The Morgan fingerprint density at radius 1 is 1.00 bits per heavy atom. The fourth-order valence-corrected chi connectivity index (χ4v) is 3.79. The van der Waals surface area contributed by atoms with Crippen molar-refractivity contribution in [3.63, 3.8) is 0 Å². The van der Waals surface area contributed by atoms with Crippen LogP contribution in [0.2, 0.25) is 0 Å². The predicted molar refractivity (Wildman–Crippen MR) is 130 cm³/mol. The molecule has 0 atom stereocenters. The van der Waals surface area contributed by atoms with E-state index in [0.29, 0.717) is 17.9 Å². The third-order valence-corrected chi connectivity index (χ3v) is 5.55. The van der Waals surface area contributed by atoms with Gasteiger partial charge in [-0.1, -0.05) is 48.5 Å². The van der Waals surface area contributed by atoms with Crippen LogP contribution in [0.15, 0.2) is 94.5 Å². The van der Waals surface area contributed by atoms with Gasteiger partial charge in [-0.2, -0.15) is 5.10 Å². The topological polar surface area (TPSA) is 59.9 Å². The summed E-state index contributed by atoms with van der Waals surface area (Å²) in [5.74, 6) is 1.04. The molecule has 0 unspecified atom stereocenters. The monoisotopic (exact) mass is 488 g/mol. The standard InChI is InChI=1S/C26H21BrN2O3/c1-31-22-10-5-8-20(15-22)26(30)29-28-16-18-12-13-25(24(27)14-18)32-17-21-9-4-7-19-6-2-3-11-23(19)21/h2-16H,17H2,1H3,(H,29,30)/b28-16-. The minimum Gasteiger partial charge on any atom is -0.497 e. The van der Waals surface area contributed by atoms with Crippen molar-refractivity contribution in [3.05, 3.63) is 106 Å². The molecule has 5 nitrogen and oxygen atoms in total. The van der Waals surface area contributed by atoms with E-state index >= 15 is 0 Å². The Morgan fingerprint density at radius 3 is 2.66 bits per heavy atom. The average Bonchev–Trinajstić information content (AvgIpc) is 2.83. The smallest absolute Gasteiger partial charge is 0.271 e. The molecule has 0 spiro atoms. The van der Waals surface area contributed by atoms with Gasteiger partial charge in [0.2, 0.25) is 0 Å². The van der Waals surface area contributed by atoms with Crippen LogP contribution in [-0.2, 0) is 6.61 Å². The van der Waals surface area contributed by atoms with Crippen LogP contribution in [0.25, 0.3) is 10.8 Å². The first kappa shape index (κ1) is 21.6. The molecule has 0 aliphatic rings. The van der Waals surface area contributed by atoms with E-state index in [1.54, 1.807) is 37.6 Å². The van der Waals surface area contributed by atoms with Gasteiger partial charge in [-0.05, 0) is 74.2 Å². The fourth-order valence-electron chi connectivity index (χ4n) is 3.28. The fraction of sp³-hybridized carbons (Fsp3) is 0.0769. The number of hydrogen-bond donors (Lipinski definition) is 1. The lowest BCUT2D eigenvalue weighted by Gasteiger charge is -2.11. The number of carbonyl (C=O) groups is 1. The van der Waals surface area contributed by atoms with Gasteiger partial charge in [0.05, 0.1) is 17.8 Å². The van der Waals surface area contributed by atoms with Crippen LogP contribution in [0.5, 0.6) is 11.5 Å². The van der Waals surface area contributed by atoms with Crippen LogP contribution in [0.3, 0.4) is 0 Å². The minimum atomic E-state index is -0.311. The Balaban J connectivity index is 1.39. The Morgan fingerprint density at radius 2 is 1.81 bits per heavy atom. The maximum absolute atomic E-state index is 12.2. The van der Waals surface area contributed by atoms with Gasteiger partial charge in [0.25, 0.3) is 5.91 Å². The Bertz CT molecular complexity index is 1280. The number of rotatable bonds is 7. The van der Waals surface area contributed by atoms with E-state index in [9.17, 15) is 4.79 Å². The number of nitrogens with one attached hydrogen (secondary N) is 1. The number of amides is 1. The third kappa shape index (κ3) is 5.15. The number of nitrogens with zero attached hydrogens (tertiary/aromatic N) is 1. The van der Waals surface area contributed by atoms with Crippen LogP contribution < -0.4 is 14.9 Å². The summed E-state index contributed by atoms with van der Waals surface area (Å²) in [7, 11) is 1.56. The number of methoxy groups -OCH3 is 1. The Kier molecular flexibility index (Phi) is 6.82. The molecule has 0 radical (unpaired) electrons. The maximum Gasteiger partial charge on any atom is 0.271 e. The number of ether oxygens (including phenoxy) is 2. The zero-order valence-corrected chi connectivity index (χ0v) is 19.0. The molecule has 32 heavy (non-hydrogen) atoms. The first-order chi connectivity index (χ1) is 15.6. The number of halogens is 1. The summed E-state index contributed by atoms with van der Waals surface area (Å²) < 4.78 is 12.0. The van der Waals surface area contributed by atoms with E-state index in [1.165, 1.54) is 10.8 Å². The summed E-state index contributed by atoms with van der Waals surface area (Å²) >= 11 is 3.56. The quantitative estimate of drug-likeness (QED) is 0.258. The molecular weight excluding hydrogens is 468 g/mol. The van der Waals surface area contributed by atoms with Crippen molar-refractivity contribution in [1.82, 2.24) is 5.43 Å². The van der Waals surface area contributed by atoms with Crippen LogP contribution >= 0.6 is 15.9 Å². The summed E-state index contributed by atoms with van der Waals surface area (Å²) in [6, 6.07) is 27.0. The molecular formula is C26H21BrN2O3. The van der Waals surface area contributed by atoms with Gasteiger partial charge < -0.3 is 9.47 Å². The predicted octanol–water partition coefficient (Wildman–Crippen LogP) is 5.95. The lowest BCUT2D eigenvalue weighted by molar-refractivity contribution is 0.0955. The molecule has 6 heteroatoms.